The lowest BCUT2D eigenvalue weighted by Crippen LogP contribution is -2.09. The highest BCUT2D eigenvalue weighted by atomic mass is 16.5. The van der Waals surface area contributed by atoms with Crippen LogP contribution in [-0.4, -0.2) is 28.6 Å². The van der Waals surface area contributed by atoms with Crippen LogP contribution in [0.5, 0.6) is 5.75 Å². The first-order chi connectivity index (χ1) is 12.3. The standard InChI is InChI=1S/C19H21N5O/c1-25-17-7-3-2-6-16(17)8-11-21-18-9-12-22-19(24-18)23-14-15-5-4-10-20-13-15/h2-7,9-10,12-13H,8,11,14H2,1H3,(H2,21,22,23,24). The Labute approximate surface area is 147 Å². The molecule has 3 aromatic rings. The van der Waals surface area contributed by atoms with Crippen LogP contribution in [0.4, 0.5) is 11.8 Å². The molecule has 0 radical (unpaired) electrons. The van der Waals surface area contributed by atoms with E-state index >= 15 is 0 Å². The maximum Gasteiger partial charge on any atom is 0.224 e. The van der Waals surface area contributed by atoms with Crippen molar-refractivity contribution in [1.82, 2.24) is 15.0 Å². The number of para-hydroxylation sites is 1. The lowest BCUT2D eigenvalue weighted by atomic mass is 10.1. The zero-order valence-electron chi connectivity index (χ0n) is 14.1. The average molecular weight is 335 g/mol. The predicted molar refractivity (Wildman–Crippen MR) is 98.8 cm³/mol. The Hall–Kier alpha value is -3.15. The van der Waals surface area contributed by atoms with Crippen LogP contribution < -0.4 is 15.4 Å². The maximum absolute atomic E-state index is 5.37. The predicted octanol–water partition coefficient (Wildman–Crippen LogP) is 3.15. The molecular formula is C19H21N5O. The minimum Gasteiger partial charge on any atom is -0.496 e. The molecule has 0 aliphatic carbocycles. The summed E-state index contributed by atoms with van der Waals surface area (Å²) in [5.41, 5.74) is 2.25. The van der Waals surface area contributed by atoms with Gasteiger partial charge in [-0.3, -0.25) is 4.98 Å². The van der Waals surface area contributed by atoms with Crippen molar-refractivity contribution in [3.63, 3.8) is 0 Å². The van der Waals surface area contributed by atoms with Crippen LogP contribution in [0, 0.1) is 0 Å². The Morgan fingerprint density at radius 3 is 2.76 bits per heavy atom. The number of hydrogen-bond acceptors (Lipinski definition) is 6. The number of aromatic nitrogens is 3. The van der Waals surface area contributed by atoms with E-state index in [1.165, 1.54) is 5.56 Å². The van der Waals surface area contributed by atoms with Crippen molar-refractivity contribution in [2.24, 2.45) is 0 Å². The maximum atomic E-state index is 5.37. The third-order valence-corrected chi connectivity index (χ3v) is 3.72. The summed E-state index contributed by atoms with van der Waals surface area (Å²) in [7, 11) is 1.69. The van der Waals surface area contributed by atoms with Gasteiger partial charge < -0.3 is 15.4 Å². The quantitative estimate of drug-likeness (QED) is 0.659. The molecule has 1 aromatic carbocycles. The monoisotopic (exact) mass is 335 g/mol. The van der Waals surface area contributed by atoms with Gasteiger partial charge in [-0.1, -0.05) is 24.3 Å². The number of nitrogens with zero attached hydrogens (tertiary/aromatic N) is 3. The van der Waals surface area contributed by atoms with Crippen molar-refractivity contribution >= 4 is 11.8 Å². The van der Waals surface area contributed by atoms with Gasteiger partial charge in [-0.2, -0.15) is 4.98 Å². The first-order valence-corrected chi connectivity index (χ1v) is 8.17. The molecule has 25 heavy (non-hydrogen) atoms. The van der Waals surface area contributed by atoms with Crippen LogP contribution in [0.1, 0.15) is 11.1 Å². The third-order valence-electron chi connectivity index (χ3n) is 3.72. The Balaban J connectivity index is 1.53. The van der Waals surface area contributed by atoms with E-state index in [1.807, 2.05) is 42.6 Å². The van der Waals surface area contributed by atoms with Crippen LogP contribution in [0.25, 0.3) is 0 Å². The smallest absolute Gasteiger partial charge is 0.224 e. The number of anilines is 2. The molecule has 0 unspecified atom stereocenters. The molecule has 0 aliphatic rings. The van der Waals surface area contributed by atoms with Crippen molar-refractivity contribution in [3.8, 4) is 5.75 Å². The summed E-state index contributed by atoms with van der Waals surface area (Å²) in [6.45, 7) is 1.40. The highest BCUT2D eigenvalue weighted by Gasteiger charge is 2.03. The molecule has 0 bridgehead atoms. The van der Waals surface area contributed by atoms with E-state index in [1.54, 1.807) is 19.5 Å². The van der Waals surface area contributed by atoms with Crippen molar-refractivity contribution in [2.75, 3.05) is 24.3 Å². The van der Waals surface area contributed by atoms with Crippen molar-refractivity contribution in [3.05, 3.63) is 72.2 Å². The molecule has 0 saturated heterocycles. The van der Waals surface area contributed by atoms with Crippen molar-refractivity contribution < 1.29 is 4.74 Å². The summed E-state index contributed by atoms with van der Waals surface area (Å²) in [6.07, 6.45) is 6.17. The van der Waals surface area contributed by atoms with E-state index in [4.69, 9.17) is 4.74 Å². The summed E-state index contributed by atoms with van der Waals surface area (Å²) in [4.78, 5) is 12.8. The zero-order valence-corrected chi connectivity index (χ0v) is 14.1. The summed E-state index contributed by atoms with van der Waals surface area (Å²) in [5.74, 6) is 2.29. The van der Waals surface area contributed by atoms with Crippen molar-refractivity contribution in [2.45, 2.75) is 13.0 Å². The normalized spacial score (nSPS) is 10.3. The molecule has 3 rings (SSSR count). The highest BCUT2D eigenvalue weighted by Crippen LogP contribution is 2.17. The molecule has 0 fully saturated rings. The Morgan fingerprint density at radius 1 is 1.00 bits per heavy atom. The van der Waals surface area contributed by atoms with Gasteiger partial charge in [0.15, 0.2) is 0 Å². The number of ether oxygens (including phenoxy) is 1. The topological polar surface area (TPSA) is 72.0 Å². The summed E-state index contributed by atoms with van der Waals surface area (Å²) in [6, 6.07) is 13.8. The molecule has 2 heterocycles. The summed E-state index contributed by atoms with van der Waals surface area (Å²) in [5, 5.41) is 6.53. The first-order valence-electron chi connectivity index (χ1n) is 8.17. The van der Waals surface area contributed by atoms with Crippen LogP contribution >= 0.6 is 0 Å². The molecule has 0 atom stereocenters. The lowest BCUT2D eigenvalue weighted by molar-refractivity contribution is 0.410. The summed E-state index contributed by atoms with van der Waals surface area (Å²) < 4.78 is 5.37. The van der Waals surface area contributed by atoms with Crippen molar-refractivity contribution in [1.29, 1.82) is 0 Å². The van der Waals surface area contributed by atoms with E-state index in [2.05, 4.69) is 31.7 Å². The average Bonchev–Trinajstić information content (AvgIpc) is 2.68. The molecule has 0 aliphatic heterocycles. The molecule has 2 aromatic heterocycles. The number of benzene rings is 1. The molecule has 0 spiro atoms. The second kappa shape index (κ2) is 8.63. The fourth-order valence-electron chi connectivity index (χ4n) is 2.46. The largest absolute Gasteiger partial charge is 0.496 e. The van der Waals surface area contributed by atoms with Gasteiger partial charge in [-0.15, -0.1) is 0 Å². The van der Waals surface area contributed by atoms with Gasteiger partial charge in [0, 0.05) is 31.7 Å². The van der Waals surface area contributed by atoms with Crippen LogP contribution in [0.3, 0.4) is 0 Å². The van der Waals surface area contributed by atoms with Crippen LogP contribution in [0.2, 0.25) is 0 Å². The van der Waals surface area contributed by atoms with E-state index in [0.29, 0.717) is 12.5 Å². The van der Waals surface area contributed by atoms with Gasteiger partial charge in [0.25, 0.3) is 0 Å². The van der Waals surface area contributed by atoms with Gasteiger partial charge >= 0.3 is 0 Å². The van der Waals surface area contributed by atoms with Gasteiger partial charge in [-0.25, -0.2) is 4.98 Å². The summed E-state index contributed by atoms with van der Waals surface area (Å²) >= 11 is 0. The molecular weight excluding hydrogens is 314 g/mol. The fourth-order valence-corrected chi connectivity index (χ4v) is 2.46. The highest BCUT2D eigenvalue weighted by molar-refractivity contribution is 5.40. The van der Waals surface area contributed by atoms with E-state index in [9.17, 15) is 0 Å². The number of pyridine rings is 1. The second-order valence-corrected chi connectivity index (χ2v) is 5.47. The molecule has 0 saturated carbocycles. The Kier molecular flexibility index (Phi) is 5.77. The number of rotatable bonds is 8. The number of hydrogen-bond donors (Lipinski definition) is 2. The first kappa shape index (κ1) is 16.7. The van der Waals surface area contributed by atoms with Gasteiger partial charge in [0.2, 0.25) is 5.95 Å². The van der Waals surface area contributed by atoms with Gasteiger partial charge in [0.1, 0.15) is 11.6 Å². The SMILES string of the molecule is COc1ccccc1CCNc1ccnc(NCc2cccnc2)n1. The van der Waals surface area contributed by atoms with Crippen LogP contribution in [0.15, 0.2) is 61.1 Å². The van der Waals surface area contributed by atoms with E-state index < -0.39 is 0 Å². The lowest BCUT2D eigenvalue weighted by Gasteiger charge is -2.10. The molecule has 6 nitrogen and oxygen atoms in total. The minimum absolute atomic E-state index is 0.589. The van der Waals surface area contributed by atoms with E-state index in [0.717, 1.165) is 30.1 Å². The number of nitrogens with one attached hydrogen (secondary N) is 2. The van der Waals surface area contributed by atoms with Gasteiger partial charge in [0.05, 0.1) is 7.11 Å². The third kappa shape index (κ3) is 4.91. The Bertz CT molecular complexity index is 795. The molecule has 0 amide bonds. The fraction of sp³-hybridized carbons (Fsp3) is 0.211. The zero-order chi connectivity index (χ0) is 17.3. The molecule has 128 valence electrons. The molecule has 6 heteroatoms. The second-order valence-electron chi connectivity index (χ2n) is 5.47. The minimum atomic E-state index is 0.589. The number of methoxy groups -OCH3 is 1. The Morgan fingerprint density at radius 2 is 1.92 bits per heavy atom. The van der Waals surface area contributed by atoms with Gasteiger partial charge in [-0.05, 0) is 35.7 Å². The van der Waals surface area contributed by atoms with Crippen LogP contribution in [-0.2, 0) is 13.0 Å². The molecule has 2 N–H and O–H groups in total. The van der Waals surface area contributed by atoms with E-state index in [-0.39, 0.29) is 0 Å².